The van der Waals surface area contributed by atoms with E-state index in [2.05, 4.69) is 4.74 Å². The van der Waals surface area contributed by atoms with Crippen LogP contribution in [0.5, 0.6) is 5.75 Å². The molecule has 0 spiro atoms. The molecule has 0 aliphatic carbocycles. The average Bonchev–Trinajstić information content (AvgIpc) is 2.83. The first-order chi connectivity index (χ1) is 11.5. The summed E-state index contributed by atoms with van der Waals surface area (Å²) in [6, 6.07) is 5.89. The lowest BCUT2D eigenvalue weighted by Gasteiger charge is -2.41. The van der Waals surface area contributed by atoms with Crippen molar-refractivity contribution in [3.8, 4) is 5.75 Å². The van der Waals surface area contributed by atoms with E-state index in [-0.39, 0.29) is 36.6 Å². The zero-order valence-corrected chi connectivity index (χ0v) is 13.1. The number of likely N-dealkylation sites (tertiary alicyclic amines) is 1. The quantitative estimate of drug-likeness (QED) is 0.803. The van der Waals surface area contributed by atoms with E-state index in [1.165, 1.54) is 12.1 Å². The van der Waals surface area contributed by atoms with E-state index in [4.69, 9.17) is 4.74 Å². The Hall–Kier alpha value is -2.64. The number of carbonyl (C=O) groups excluding carboxylic acids is 3. The topological polar surface area (TPSA) is 76.2 Å². The first-order valence-corrected chi connectivity index (χ1v) is 7.63. The van der Waals surface area contributed by atoms with Crippen LogP contribution in [-0.4, -0.2) is 60.1 Å². The molecule has 128 valence electrons. The summed E-state index contributed by atoms with van der Waals surface area (Å²) < 4.78 is 23.5. The number of cyclic esters (lactones) is 1. The Kier molecular flexibility index (Phi) is 4.37. The molecule has 24 heavy (non-hydrogen) atoms. The minimum atomic E-state index is -0.818. The normalized spacial score (nSPS) is 19.1. The minimum Gasteiger partial charge on any atom is -0.478 e. The van der Waals surface area contributed by atoms with Gasteiger partial charge in [-0.2, -0.15) is 0 Å². The van der Waals surface area contributed by atoms with Crippen molar-refractivity contribution in [3.63, 3.8) is 0 Å². The Morgan fingerprint density at radius 1 is 1.38 bits per heavy atom. The number of imide groups is 1. The van der Waals surface area contributed by atoms with Gasteiger partial charge in [0.15, 0.2) is 24.3 Å². The predicted octanol–water partition coefficient (Wildman–Crippen LogP) is 1.03. The highest BCUT2D eigenvalue weighted by atomic mass is 19.1. The molecule has 0 radical (unpaired) electrons. The van der Waals surface area contributed by atoms with Crippen molar-refractivity contribution in [2.45, 2.75) is 13.0 Å². The van der Waals surface area contributed by atoms with Crippen LogP contribution < -0.4 is 4.74 Å². The van der Waals surface area contributed by atoms with Crippen LogP contribution in [0.2, 0.25) is 0 Å². The standard InChI is InChI=1S/C16H17FN2O5/c1-10(24-13-5-3-2-4-12(13)17)15(21)18-6-11(7-18)8-19-14(20)9-23-16(19)22/h2-5,10-11H,6-9H2,1H3/t10-/m0/s1. The number of carbonyl (C=O) groups is 3. The van der Waals surface area contributed by atoms with Gasteiger partial charge in [-0.1, -0.05) is 12.1 Å². The lowest BCUT2D eigenvalue weighted by atomic mass is 9.99. The first-order valence-electron chi connectivity index (χ1n) is 7.63. The van der Waals surface area contributed by atoms with Crippen molar-refractivity contribution in [1.82, 2.24) is 9.80 Å². The Labute approximate surface area is 137 Å². The van der Waals surface area contributed by atoms with Crippen LogP contribution in [-0.2, 0) is 14.3 Å². The number of hydrogen-bond donors (Lipinski definition) is 0. The Morgan fingerprint density at radius 3 is 2.71 bits per heavy atom. The highest BCUT2D eigenvalue weighted by Crippen LogP contribution is 2.22. The minimum absolute atomic E-state index is 0.0178. The van der Waals surface area contributed by atoms with Crippen LogP contribution in [0, 0.1) is 11.7 Å². The highest BCUT2D eigenvalue weighted by molar-refractivity contribution is 5.97. The van der Waals surface area contributed by atoms with Crippen LogP contribution >= 0.6 is 0 Å². The maximum Gasteiger partial charge on any atom is 0.417 e. The van der Waals surface area contributed by atoms with Crippen molar-refractivity contribution in [2.75, 3.05) is 26.2 Å². The number of para-hydroxylation sites is 1. The molecular weight excluding hydrogens is 319 g/mol. The van der Waals surface area contributed by atoms with Crippen molar-refractivity contribution < 1.29 is 28.2 Å². The van der Waals surface area contributed by atoms with Crippen LogP contribution in [0.15, 0.2) is 24.3 Å². The van der Waals surface area contributed by atoms with E-state index in [0.717, 1.165) is 4.90 Å². The van der Waals surface area contributed by atoms with Gasteiger partial charge in [0.25, 0.3) is 11.8 Å². The van der Waals surface area contributed by atoms with Gasteiger partial charge >= 0.3 is 6.09 Å². The fraction of sp³-hybridized carbons (Fsp3) is 0.438. The number of nitrogens with zero attached hydrogens (tertiary/aromatic N) is 2. The van der Waals surface area contributed by atoms with E-state index < -0.39 is 18.0 Å². The number of ether oxygens (including phenoxy) is 2. The van der Waals surface area contributed by atoms with Gasteiger partial charge in [-0.15, -0.1) is 0 Å². The van der Waals surface area contributed by atoms with Gasteiger partial charge in [0.05, 0.1) is 0 Å². The molecule has 0 aromatic heterocycles. The molecule has 7 nitrogen and oxygen atoms in total. The fourth-order valence-corrected chi connectivity index (χ4v) is 2.72. The summed E-state index contributed by atoms with van der Waals surface area (Å²) in [4.78, 5) is 37.7. The maximum atomic E-state index is 13.5. The number of rotatable bonds is 5. The number of benzene rings is 1. The van der Waals surface area contributed by atoms with E-state index in [9.17, 15) is 18.8 Å². The molecule has 8 heteroatoms. The van der Waals surface area contributed by atoms with Crippen LogP contribution in [0.1, 0.15) is 6.92 Å². The monoisotopic (exact) mass is 336 g/mol. The Balaban J connectivity index is 1.48. The molecule has 0 unspecified atom stereocenters. The zero-order valence-electron chi connectivity index (χ0n) is 13.1. The molecule has 0 bridgehead atoms. The SMILES string of the molecule is C[C@H](Oc1ccccc1F)C(=O)N1CC(CN2C(=O)COC2=O)C1. The summed E-state index contributed by atoms with van der Waals surface area (Å²) in [5.41, 5.74) is 0. The van der Waals surface area contributed by atoms with Gasteiger partial charge in [-0.05, 0) is 19.1 Å². The molecular formula is C16H17FN2O5. The molecule has 2 aliphatic heterocycles. The smallest absolute Gasteiger partial charge is 0.417 e. The summed E-state index contributed by atoms with van der Waals surface area (Å²) in [5.74, 6) is -1.10. The molecule has 1 atom stereocenters. The lowest BCUT2D eigenvalue weighted by Crippen LogP contribution is -2.57. The second-order valence-corrected chi connectivity index (χ2v) is 5.86. The molecule has 0 saturated carbocycles. The van der Waals surface area contributed by atoms with E-state index >= 15 is 0 Å². The molecule has 3 rings (SSSR count). The summed E-state index contributed by atoms with van der Waals surface area (Å²) in [5, 5.41) is 0. The van der Waals surface area contributed by atoms with E-state index in [1.807, 2.05) is 0 Å². The third kappa shape index (κ3) is 3.17. The zero-order chi connectivity index (χ0) is 17.3. The summed E-state index contributed by atoms with van der Waals surface area (Å²) in [7, 11) is 0. The third-order valence-electron chi connectivity index (χ3n) is 4.04. The van der Waals surface area contributed by atoms with Gasteiger partial charge < -0.3 is 14.4 Å². The predicted molar refractivity (Wildman–Crippen MR) is 79.6 cm³/mol. The average molecular weight is 336 g/mol. The molecule has 3 amide bonds. The van der Waals surface area contributed by atoms with Crippen molar-refractivity contribution in [2.24, 2.45) is 5.92 Å². The second-order valence-electron chi connectivity index (χ2n) is 5.86. The van der Waals surface area contributed by atoms with Crippen molar-refractivity contribution in [1.29, 1.82) is 0 Å². The molecule has 1 aromatic carbocycles. The molecule has 2 saturated heterocycles. The van der Waals surface area contributed by atoms with Gasteiger partial charge in [0.2, 0.25) is 0 Å². The van der Waals surface area contributed by atoms with Crippen LogP contribution in [0.4, 0.5) is 9.18 Å². The molecule has 2 fully saturated rings. The molecule has 2 heterocycles. The van der Waals surface area contributed by atoms with Gasteiger partial charge in [-0.3, -0.25) is 9.59 Å². The summed E-state index contributed by atoms with van der Waals surface area (Å²) in [6.45, 7) is 2.41. The number of halogens is 1. The van der Waals surface area contributed by atoms with Gasteiger partial charge in [-0.25, -0.2) is 14.1 Å². The molecule has 1 aromatic rings. The largest absolute Gasteiger partial charge is 0.478 e. The van der Waals surface area contributed by atoms with Crippen LogP contribution in [0.3, 0.4) is 0 Å². The van der Waals surface area contributed by atoms with E-state index in [0.29, 0.717) is 13.1 Å². The van der Waals surface area contributed by atoms with Crippen LogP contribution in [0.25, 0.3) is 0 Å². The Bertz CT molecular complexity index is 658. The first kappa shape index (κ1) is 16.2. The molecule has 2 aliphatic rings. The van der Waals surface area contributed by atoms with Gasteiger partial charge in [0, 0.05) is 25.6 Å². The fourth-order valence-electron chi connectivity index (χ4n) is 2.72. The van der Waals surface area contributed by atoms with E-state index in [1.54, 1.807) is 24.0 Å². The Morgan fingerprint density at radius 2 is 2.08 bits per heavy atom. The summed E-state index contributed by atoms with van der Waals surface area (Å²) in [6.07, 6.45) is -1.46. The summed E-state index contributed by atoms with van der Waals surface area (Å²) >= 11 is 0. The van der Waals surface area contributed by atoms with Crippen molar-refractivity contribution in [3.05, 3.63) is 30.1 Å². The van der Waals surface area contributed by atoms with Gasteiger partial charge in [0.1, 0.15) is 0 Å². The third-order valence-corrected chi connectivity index (χ3v) is 4.04. The van der Waals surface area contributed by atoms with Crippen molar-refractivity contribution >= 4 is 17.9 Å². The lowest BCUT2D eigenvalue weighted by molar-refractivity contribution is -0.145. The molecule has 0 N–H and O–H groups in total. The second kappa shape index (κ2) is 6.46. The number of hydrogen-bond acceptors (Lipinski definition) is 5. The highest BCUT2D eigenvalue weighted by Gasteiger charge is 2.39. The number of amides is 3. The maximum absolute atomic E-state index is 13.5.